The summed E-state index contributed by atoms with van der Waals surface area (Å²) in [5.74, 6) is -0.350. The maximum absolute atomic E-state index is 11.8. The Morgan fingerprint density at radius 2 is 2.29 bits per heavy atom. The van der Waals surface area contributed by atoms with Gasteiger partial charge in [0, 0.05) is 13.0 Å². The van der Waals surface area contributed by atoms with E-state index in [2.05, 4.69) is 11.9 Å². The van der Waals surface area contributed by atoms with Crippen LogP contribution in [0.5, 0.6) is 0 Å². The lowest BCUT2D eigenvalue weighted by molar-refractivity contribution is -0.134. The van der Waals surface area contributed by atoms with Crippen molar-refractivity contribution in [3.63, 3.8) is 0 Å². The molecule has 0 spiro atoms. The van der Waals surface area contributed by atoms with Gasteiger partial charge in [0.2, 0.25) is 11.8 Å². The molecule has 1 rings (SSSR count). The van der Waals surface area contributed by atoms with Crippen molar-refractivity contribution in [2.75, 3.05) is 13.1 Å². The lowest BCUT2D eigenvalue weighted by atomic mass is 10.2. The fraction of sp³-hybridized carbons (Fsp3) is 0.583. The number of nitrogens with zero attached hydrogens (tertiary/aromatic N) is 1. The molecule has 5 nitrogen and oxygen atoms in total. The molecule has 0 saturated carbocycles. The predicted octanol–water partition coefficient (Wildman–Crippen LogP) is 0.259. The van der Waals surface area contributed by atoms with Crippen LogP contribution in [0.4, 0.5) is 0 Å². The predicted molar refractivity (Wildman–Crippen MR) is 63.2 cm³/mol. The fourth-order valence-corrected chi connectivity index (χ4v) is 1.80. The van der Waals surface area contributed by atoms with Gasteiger partial charge in [0.05, 0.1) is 6.54 Å². The van der Waals surface area contributed by atoms with Crippen molar-refractivity contribution >= 4 is 17.6 Å². The second-order valence-corrected chi connectivity index (χ2v) is 4.20. The molecule has 1 aliphatic heterocycles. The minimum atomic E-state index is -0.466. The number of hydrogen-bond acceptors (Lipinski definition) is 3. The molecule has 1 fully saturated rings. The largest absolute Gasteiger partial charge is 0.344 e. The Labute approximate surface area is 101 Å². The summed E-state index contributed by atoms with van der Waals surface area (Å²) in [6, 6.07) is -0.466. The molecule has 1 N–H and O–H groups in total. The van der Waals surface area contributed by atoms with E-state index >= 15 is 0 Å². The van der Waals surface area contributed by atoms with Gasteiger partial charge in [-0.3, -0.25) is 14.4 Å². The Morgan fingerprint density at radius 3 is 2.88 bits per heavy atom. The zero-order valence-corrected chi connectivity index (χ0v) is 10.1. The Kier molecular flexibility index (Phi) is 4.87. The highest BCUT2D eigenvalue weighted by atomic mass is 16.2. The molecular weight excluding hydrogens is 220 g/mol. The van der Waals surface area contributed by atoms with Crippen LogP contribution < -0.4 is 5.32 Å². The second kappa shape index (κ2) is 6.18. The van der Waals surface area contributed by atoms with Gasteiger partial charge in [-0.05, 0) is 19.8 Å². The SMILES string of the molecule is C=CCCC(=O)N[C@H]1CCN(CC(C)=O)C1=O. The van der Waals surface area contributed by atoms with Crippen LogP contribution in [-0.2, 0) is 14.4 Å². The molecule has 1 heterocycles. The number of Topliss-reactive ketones (excluding diaryl/α,β-unsaturated/α-hetero) is 1. The van der Waals surface area contributed by atoms with Gasteiger partial charge < -0.3 is 10.2 Å². The summed E-state index contributed by atoms with van der Waals surface area (Å²) in [7, 11) is 0. The van der Waals surface area contributed by atoms with Gasteiger partial charge in [-0.1, -0.05) is 6.08 Å². The Hall–Kier alpha value is -1.65. The summed E-state index contributed by atoms with van der Waals surface area (Å²) in [6.45, 7) is 5.65. The quantitative estimate of drug-likeness (QED) is 0.675. The fourth-order valence-electron chi connectivity index (χ4n) is 1.80. The van der Waals surface area contributed by atoms with Gasteiger partial charge in [-0.15, -0.1) is 6.58 Å². The molecule has 0 radical (unpaired) electrons. The molecule has 0 unspecified atom stereocenters. The third-order valence-corrected chi connectivity index (χ3v) is 2.62. The molecular formula is C12H18N2O3. The van der Waals surface area contributed by atoms with Crippen LogP contribution in [0.25, 0.3) is 0 Å². The molecule has 0 aromatic rings. The van der Waals surface area contributed by atoms with Crippen molar-refractivity contribution in [1.82, 2.24) is 10.2 Å². The van der Waals surface area contributed by atoms with Crippen molar-refractivity contribution in [2.24, 2.45) is 0 Å². The topological polar surface area (TPSA) is 66.5 Å². The first-order chi connectivity index (χ1) is 8.04. The summed E-state index contributed by atoms with van der Waals surface area (Å²) in [5, 5.41) is 2.68. The Morgan fingerprint density at radius 1 is 1.59 bits per heavy atom. The first-order valence-corrected chi connectivity index (χ1v) is 5.73. The van der Waals surface area contributed by atoms with Gasteiger partial charge in [0.1, 0.15) is 11.8 Å². The number of carbonyl (C=O) groups excluding carboxylic acids is 3. The van der Waals surface area contributed by atoms with E-state index in [0.717, 1.165) is 0 Å². The van der Waals surface area contributed by atoms with Crippen molar-refractivity contribution in [1.29, 1.82) is 0 Å². The molecule has 2 amide bonds. The highest BCUT2D eigenvalue weighted by Crippen LogP contribution is 2.11. The number of amides is 2. The smallest absolute Gasteiger partial charge is 0.245 e. The van der Waals surface area contributed by atoms with E-state index in [-0.39, 0.29) is 24.1 Å². The third kappa shape index (κ3) is 4.01. The van der Waals surface area contributed by atoms with E-state index in [1.807, 2.05) is 0 Å². The first kappa shape index (κ1) is 13.4. The van der Waals surface area contributed by atoms with Gasteiger partial charge in [-0.2, -0.15) is 0 Å². The van der Waals surface area contributed by atoms with Crippen LogP contribution in [-0.4, -0.2) is 41.6 Å². The van der Waals surface area contributed by atoms with Crippen molar-refractivity contribution in [2.45, 2.75) is 32.2 Å². The van der Waals surface area contributed by atoms with Crippen LogP contribution in [0.15, 0.2) is 12.7 Å². The zero-order chi connectivity index (χ0) is 12.8. The molecule has 1 saturated heterocycles. The summed E-state index contributed by atoms with van der Waals surface area (Å²) >= 11 is 0. The Bertz CT molecular complexity index is 339. The van der Waals surface area contributed by atoms with Crippen LogP contribution in [0.3, 0.4) is 0 Å². The second-order valence-electron chi connectivity index (χ2n) is 4.20. The maximum Gasteiger partial charge on any atom is 0.245 e. The number of nitrogens with one attached hydrogen (secondary N) is 1. The highest BCUT2D eigenvalue weighted by Gasteiger charge is 2.32. The molecule has 94 valence electrons. The normalized spacial score (nSPS) is 19.2. The number of allylic oxidation sites excluding steroid dienone is 1. The molecule has 17 heavy (non-hydrogen) atoms. The molecule has 0 aliphatic carbocycles. The average Bonchev–Trinajstić information content (AvgIpc) is 2.58. The van der Waals surface area contributed by atoms with Crippen molar-refractivity contribution in [3.8, 4) is 0 Å². The van der Waals surface area contributed by atoms with Gasteiger partial charge in [0.25, 0.3) is 0 Å². The summed E-state index contributed by atoms with van der Waals surface area (Å²) in [6.07, 6.45) is 3.19. The maximum atomic E-state index is 11.8. The minimum Gasteiger partial charge on any atom is -0.344 e. The molecule has 0 aromatic heterocycles. The lowest BCUT2D eigenvalue weighted by Gasteiger charge is -2.15. The summed E-state index contributed by atoms with van der Waals surface area (Å²) in [5.41, 5.74) is 0. The van der Waals surface area contributed by atoms with E-state index in [1.165, 1.54) is 11.8 Å². The molecule has 1 aliphatic rings. The number of likely N-dealkylation sites (tertiary alicyclic amines) is 1. The van der Waals surface area contributed by atoms with Crippen LogP contribution in [0.1, 0.15) is 26.2 Å². The monoisotopic (exact) mass is 238 g/mol. The molecule has 0 aromatic carbocycles. The Balaban J connectivity index is 2.41. The van der Waals surface area contributed by atoms with E-state index in [4.69, 9.17) is 0 Å². The summed E-state index contributed by atoms with van der Waals surface area (Å²) < 4.78 is 0. The van der Waals surface area contributed by atoms with Gasteiger partial charge in [0.15, 0.2) is 0 Å². The van der Waals surface area contributed by atoms with Crippen molar-refractivity contribution < 1.29 is 14.4 Å². The molecule has 5 heteroatoms. The van der Waals surface area contributed by atoms with Crippen molar-refractivity contribution in [3.05, 3.63) is 12.7 Å². The van der Waals surface area contributed by atoms with Crippen LogP contribution >= 0.6 is 0 Å². The van der Waals surface area contributed by atoms with E-state index < -0.39 is 6.04 Å². The van der Waals surface area contributed by atoms with Gasteiger partial charge >= 0.3 is 0 Å². The standard InChI is InChI=1S/C12H18N2O3/c1-3-4-5-11(16)13-10-6-7-14(12(10)17)8-9(2)15/h3,10H,1,4-8H2,2H3,(H,13,16)/t10-/m0/s1. The van der Waals surface area contributed by atoms with Crippen LogP contribution in [0.2, 0.25) is 0 Å². The van der Waals surface area contributed by atoms with Crippen LogP contribution in [0, 0.1) is 0 Å². The number of ketones is 1. The average molecular weight is 238 g/mol. The lowest BCUT2D eigenvalue weighted by Crippen LogP contribution is -2.42. The van der Waals surface area contributed by atoms with Gasteiger partial charge in [-0.25, -0.2) is 0 Å². The number of rotatable bonds is 6. The molecule has 0 bridgehead atoms. The van der Waals surface area contributed by atoms with E-state index in [9.17, 15) is 14.4 Å². The minimum absolute atomic E-state index is 0.0445. The number of carbonyl (C=O) groups is 3. The first-order valence-electron chi connectivity index (χ1n) is 5.73. The van der Waals surface area contributed by atoms with E-state index in [0.29, 0.717) is 25.8 Å². The molecule has 1 atom stereocenters. The van der Waals surface area contributed by atoms with E-state index in [1.54, 1.807) is 6.08 Å². The zero-order valence-electron chi connectivity index (χ0n) is 10.1. The number of hydrogen-bond donors (Lipinski definition) is 1. The third-order valence-electron chi connectivity index (χ3n) is 2.62. The summed E-state index contributed by atoms with van der Waals surface area (Å²) in [4.78, 5) is 35.6. The highest BCUT2D eigenvalue weighted by molar-refractivity contribution is 5.91.